The Balaban J connectivity index is 1.21. The number of likely N-dealkylation sites (tertiary alicyclic amines) is 1. The Bertz CT molecular complexity index is 3140. The van der Waals surface area contributed by atoms with Gasteiger partial charge in [-0.15, -0.1) is 0 Å². The van der Waals surface area contributed by atoms with E-state index in [1.165, 1.54) is 70.6 Å². The molecule has 0 unspecified atom stereocenters. The van der Waals surface area contributed by atoms with Crippen LogP contribution in [0.5, 0.6) is 0 Å². The van der Waals surface area contributed by atoms with E-state index in [1.54, 1.807) is 25.8 Å². The second-order valence-corrected chi connectivity index (χ2v) is 29.2. The van der Waals surface area contributed by atoms with Gasteiger partial charge in [0.05, 0.1) is 23.6 Å². The Hall–Kier alpha value is -7.19. The highest BCUT2D eigenvalue weighted by molar-refractivity contribution is 6.41. The molecule has 0 spiro atoms. The Labute approximate surface area is 585 Å². The Morgan fingerprint density at radius 3 is 1.94 bits per heavy atom. The first-order valence-electron chi connectivity index (χ1n) is 35.9. The molecule has 0 aromatic heterocycles. The molecule has 3 saturated heterocycles. The van der Waals surface area contributed by atoms with Gasteiger partial charge in [-0.2, -0.15) is 13.2 Å². The Morgan fingerprint density at radius 2 is 1.33 bits per heavy atom. The van der Waals surface area contributed by atoms with Crippen molar-refractivity contribution in [2.45, 2.75) is 237 Å². The second-order valence-electron chi connectivity index (χ2n) is 28.8. The molecule has 3 N–H and O–H groups in total. The molecular formula is C71H106ClF3N12O12. The first kappa shape index (κ1) is 79.1. The number of aryl methyl sites for hydroxylation is 1. The number of rotatable bonds is 12. The van der Waals surface area contributed by atoms with Crippen LogP contribution in [0, 0.1) is 23.7 Å². The molecule has 9 atom stereocenters. The number of fused-ring (bicyclic) bond motifs is 2. The first-order valence-corrected chi connectivity index (χ1v) is 36.3. The average molecular weight is 1410 g/mol. The predicted molar refractivity (Wildman–Crippen MR) is 365 cm³/mol. The quantitative estimate of drug-likeness (QED) is 0.212. The molecule has 4 heterocycles. The van der Waals surface area contributed by atoms with Crippen LogP contribution < -0.4 is 16.0 Å². The van der Waals surface area contributed by atoms with Crippen molar-refractivity contribution in [2.75, 3.05) is 74.5 Å². The number of amides is 12. The molecule has 1 aromatic carbocycles. The van der Waals surface area contributed by atoms with Gasteiger partial charge in [0.25, 0.3) is 11.8 Å². The number of carbonyl (C=O) groups excluding carboxylic acids is 12. The van der Waals surface area contributed by atoms with Crippen LogP contribution in [0.2, 0.25) is 5.02 Å². The van der Waals surface area contributed by atoms with Crippen molar-refractivity contribution in [1.82, 2.24) is 55.1 Å². The summed E-state index contributed by atoms with van der Waals surface area (Å²) in [5.74, 6) is -8.13. The third kappa shape index (κ3) is 20.3. The highest BCUT2D eigenvalue weighted by Crippen LogP contribution is 2.37. The molecule has 5 fully saturated rings. The lowest BCUT2D eigenvalue weighted by Gasteiger charge is -2.44. The fourth-order valence-electron chi connectivity index (χ4n) is 14.6. The van der Waals surface area contributed by atoms with Gasteiger partial charge in [0.2, 0.25) is 59.1 Å². The number of nitrogens with one attached hydrogen (secondary N) is 3. The highest BCUT2D eigenvalue weighted by atomic mass is 35.5. The largest absolute Gasteiger partial charge is 0.417 e. The standard InChI is InChI=1S/C71H106ClF3N12O12/c1-11-44(4)60-64(93)77-45(5)65(94)87-38-33-54(87)68(97)82(8)55(40-46-21-13-12-14-22-46)67(96)80(6)42-57(88)78-51(31-29-47-28-30-49(50(72)39-47)71(73,74)75)66(95)86-37-19-25-53(86)62(91)76-34-18-17-26-58(89)84(10)61(48-23-15-16-24-48)70(99)83(9)56(69(98)85-35-20-36-85)41-59(90)81(7)52(63(92)79-60)32-27-43(2)3/h28,30,39,43-46,48,51-56,61H,11-27,29,31-38,40-42H2,1-10H3,(H,76,91)(H,77,93)(H,78,88)/t44-,45-,51-,52-,53-,54-,55-,56-,61-/m0/s1. The maximum atomic E-state index is 15.1. The number of nitrogens with zero attached hydrogens (tertiary/aromatic N) is 9. The van der Waals surface area contributed by atoms with E-state index in [2.05, 4.69) is 20.9 Å². The van der Waals surface area contributed by atoms with Crippen molar-refractivity contribution in [2.24, 2.45) is 28.7 Å². The summed E-state index contributed by atoms with van der Waals surface area (Å²) >= 11 is 6.11. The van der Waals surface area contributed by atoms with Gasteiger partial charge >= 0.3 is 6.18 Å². The van der Waals surface area contributed by atoms with Crippen molar-refractivity contribution in [3.63, 3.8) is 0 Å². The normalized spacial score (nSPS) is 27.0. The van der Waals surface area contributed by atoms with Crippen LogP contribution in [0.25, 0.3) is 0 Å². The molecule has 12 amide bonds. The monoisotopic (exact) mass is 1410 g/mol. The van der Waals surface area contributed by atoms with E-state index in [9.17, 15) is 65.9 Å². The average Bonchev–Trinajstić information content (AvgIpc) is 1.05. The fourth-order valence-corrected chi connectivity index (χ4v) is 14.9. The minimum Gasteiger partial charge on any atom is -0.354 e. The first-order chi connectivity index (χ1) is 46.8. The zero-order valence-corrected chi connectivity index (χ0v) is 60.4. The zero-order valence-electron chi connectivity index (χ0n) is 59.6. The molecule has 2 aliphatic carbocycles. The lowest BCUT2D eigenvalue weighted by atomic mass is 9.84. The molecule has 4 aliphatic heterocycles. The number of benzene rings is 1. The van der Waals surface area contributed by atoms with E-state index in [-0.39, 0.29) is 100 Å². The van der Waals surface area contributed by atoms with Crippen LogP contribution in [0.3, 0.4) is 0 Å². The minimum atomic E-state index is -4.74. The summed E-state index contributed by atoms with van der Waals surface area (Å²) in [6.07, 6.45) is 5.18. The van der Waals surface area contributed by atoms with Gasteiger partial charge in [0.15, 0.2) is 0 Å². The van der Waals surface area contributed by atoms with E-state index in [0.29, 0.717) is 63.6 Å². The summed E-state index contributed by atoms with van der Waals surface area (Å²) in [5.41, 5.74) is -0.922. The van der Waals surface area contributed by atoms with Crippen molar-refractivity contribution < 1.29 is 70.7 Å². The number of carbonyl (C=O) groups is 12. The molecule has 24 nitrogen and oxygen atoms in total. The Kier molecular flexibility index (Phi) is 28.7. The molecule has 7 rings (SSSR count). The smallest absolute Gasteiger partial charge is 0.354 e. The van der Waals surface area contributed by atoms with Crippen molar-refractivity contribution in [3.05, 3.63) is 34.3 Å². The van der Waals surface area contributed by atoms with E-state index in [1.807, 2.05) is 13.8 Å². The summed E-state index contributed by atoms with van der Waals surface area (Å²) < 4.78 is 41.3. The lowest BCUT2D eigenvalue weighted by Crippen LogP contribution is -2.64. The van der Waals surface area contributed by atoms with Crippen molar-refractivity contribution in [3.8, 4) is 0 Å². The SMILES string of the molecule is CC[C@H](C)C1=NC(=O)[C@H](CCC(C)C)N(C)C(=O)C[C@@H](C(=O)N2CCC2)N(C)C(=O)[C@H](C2CCCC2)N(C)C(=O)CCCCNC(=O)[C@@H]2CCCN2C(=O)[C@H](CCc2ccc(C(F)(F)F)c(Cl)c2)NC(=O)CN(C)C(=O)[C@H](CC2CCCCC2)N(C)C(=O)[C@@H]2CCN2C(=O)[C@H](C)NC1=O. The molecule has 1 aromatic rings. The molecule has 2 saturated carbocycles. The van der Waals surface area contributed by atoms with Crippen LogP contribution in [-0.2, 0) is 70.1 Å². The number of likely N-dealkylation sites (N-methyl/N-ethyl adjacent to an activating group) is 5. The molecular weight excluding hydrogens is 1310 g/mol. The maximum Gasteiger partial charge on any atom is 0.417 e. The molecule has 6 aliphatic rings. The highest BCUT2D eigenvalue weighted by Gasteiger charge is 2.47. The van der Waals surface area contributed by atoms with Crippen LogP contribution >= 0.6 is 11.6 Å². The van der Waals surface area contributed by atoms with Crippen LogP contribution in [0.15, 0.2) is 23.2 Å². The maximum absolute atomic E-state index is 15.1. The molecule has 0 bridgehead atoms. The topological polar surface area (TPSA) is 279 Å². The third-order valence-corrected chi connectivity index (χ3v) is 21.7. The van der Waals surface area contributed by atoms with Gasteiger partial charge in [0, 0.05) is 80.3 Å². The van der Waals surface area contributed by atoms with Gasteiger partial charge < -0.3 is 55.1 Å². The Morgan fingerprint density at radius 1 is 0.667 bits per heavy atom. The van der Waals surface area contributed by atoms with Crippen LogP contribution in [0.4, 0.5) is 13.2 Å². The fraction of sp³-hybridized carbons (Fsp3) is 0.732. The number of halogens is 4. The summed E-state index contributed by atoms with van der Waals surface area (Å²) in [5, 5.41) is 7.80. The lowest BCUT2D eigenvalue weighted by molar-refractivity contribution is -0.157. The summed E-state index contributed by atoms with van der Waals surface area (Å²) in [6, 6.07) is -6.09. The number of alkyl halides is 3. The zero-order chi connectivity index (χ0) is 72.7. The molecule has 99 heavy (non-hydrogen) atoms. The minimum absolute atomic E-state index is 0.0206. The van der Waals surface area contributed by atoms with Crippen LogP contribution in [-0.4, -0.2) is 239 Å². The van der Waals surface area contributed by atoms with Gasteiger partial charge in [-0.05, 0) is 132 Å². The summed E-state index contributed by atoms with van der Waals surface area (Å²) in [6.45, 7) is 9.41. The summed E-state index contributed by atoms with van der Waals surface area (Å²) in [4.78, 5) is 190. The third-order valence-electron chi connectivity index (χ3n) is 21.3. The molecule has 550 valence electrons. The van der Waals surface area contributed by atoms with Gasteiger partial charge in [-0.3, -0.25) is 57.5 Å². The van der Waals surface area contributed by atoms with Gasteiger partial charge in [-0.1, -0.05) is 90.3 Å². The summed E-state index contributed by atoms with van der Waals surface area (Å²) in [7, 11) is 7.30. The van der Waals surface area contributed by atoms with Crippen LogP contribution in [0.1, 0.15) is 187 Å². The molecule has 28 heteroatoms. The second kappa shape index (κ2) is 35.9. The van der Waals surface area contributed by atoms with Crippen molar-refractivity contribution >= 4 is 88.2 Å². The van der Waals surface area contributed by atoms with Gasteiger partial charge in [0.1, 0.15) is 54.0 Å². The van der Waals surface area contributed by atoms with E-state index >= 15 is 4.79 Å². The van der Waals surface area contributed by atoms with E-state index in [4.69, 9.17) is 11.6 Å². The number of hydrogen-bond donors (Lipinski definition) is 3. The number of aliphatic imine (C=N–C) groups is 1. The van der Waals surface area contributed by atoms with E-state index in [0.717, 1.165) is 62.0 Å². The number of hydrogen-bond acceptors (Lipinski definition) is 12. The van der Waals surface area contributed by atoms with E-state index < -0.39 is 149 Å². The predicted octanol–water partition coefficient (Wildman–Crippen LogP) is 6.17. The van der Waals surface area contributed by atoms with Gasteiger partial charge in [-0.25, -0.2) is 4.99 Å². The van der Waals surface area contributed by atoms with Crippen molar-refractivity contribution in [1.29, 1.82) is 0 Å². The molecule has 0 radical (unpaired) electrons.